The Morgan fingerprint density at radius 2 is 1.90 bits per heavy atom. The minimum Gasteiger partial charge on any atom is -0.399 e. The summed E-state index contributed by atoms with van der Waals surface area (Å²) in [5, 5.41) is 4.15. The molecule has 21 heavy (non-hydrogen) atoms. The van der Waals surface area contributed by atoms with Gasteiger partial charge in [0.1, 0.15) is 0 Å². The van der Waals surface area contributed by atoms with Gasteiger partial charge < -0.3 is 10.3 Å². The van der Waals surface area contributed by atoms with E-state index in [9.17, 15) is 0 Å². The Morgan fingerprint density at radius 3 is 2.67 bits per heavy atom. The molecule has 4 nitrogen and oxygen atoms in total. The first-order valence-corrected chi connectivity index (χ1v) is 7.68. The summed E-state index contributed by atoms with van der Waals surface area (Å²) in [7, 11) is 0. The normalized spacial score (nSPS) is 17.1. The fourth-order valence-corrected chi connectivity index (χ4v) is 2.85. The molecule has 2 N–H and O–H groups in total. The van der Waals surface area contributed by atoms with Crippen LogP contribution in [-0.2, 0) is 0 Å². The minimum absolute atomic E-state index is 0.464. The monoisotopic (exact) mass is 283 g/mol. The van der Waals surface area contributed by atoms with E-state index in [4.69, 9.17) is 10.3 Å². The van der Waals surface area contributed by atoms with Crippen molar-refractivity contribution in [3.8, 4) is 0 Å². The number of aromatic nitrogens is 2. The smallest absolute Gasteiger partial charge is 0.250 e. The summed E-state index contributed by atoms with van der Waals surface area (Å²) in [5.41, 5.74) is 7.54. The van der Waals surface area contributed by atoms with Crippen LogP contribution in [0.25, 0.3) is 12.2 Å². The van der Waals surface area contributed by atoms with Crippen molar-refractivity contribution >= 4 is 17.8 Å². The topological polar surface area (TPSA) is 64.9 Å². The largest absolute Gasteiger partial charge is 0.399 e. The molecule has 0 atom stereocenters. The molecule has 2 aromatic rings. The van der Waals surface area contributed by atoms with Gasteiger partial charge in [0.15, 0.2) is 5.82 Å². The number of nitrogen functional groups attached to an aromatic ring is 1. The van der Waals surface area contributed by atoms with Gasteiger partial charge in [0.05, 0.1) is 0 Å². The van der Waals surface area contributed by atoms with Crippen molar-refractivity contribution in [3.05, 3.63) is 41.5 Å². The van der Waals surface area contributed by atoms with Gasteiger partial charge in [-0.3, -0.25) is 0 Å². The van der Waals surface area contributed by atoms with Gasteiger partial charge in [-0.2, -0.15) is 4.98 Å². The third-order valence-corrected chi connectivity index (χ3v) is 4.01. The quantitative estimate of drug-likeness (QED) is 0.675. The molecule has 1 aliphatic rings. The average Bonchev–Trinajstić information content (AvgIpc) is 2.79. The zero-order valence-corrected chi connectivity index (χ0v) is 12.2. The first-order valence-electron chi connectivity index (χ1n) is 7.68. The van der Waals surface area contributed by atoms with E-state index in [1.807, 2.05) is 36.4 Å². The van der Waals surface area contributed by atoms with Crippen molar-refractivity contribution in [1.82, 2.24) is 10.1 Å². The fraction of sp³-hybridized carbons (Fsp3) is 0.412. The van der Waals surface area contributed by atoms with E-state index < -0.39 is 0 Å². The molecule has 4 heteroatoms. The minimum atomic E-state index is 0.464. The van der Waals surface area contributed by atoms with Gasteiger partial charge in [0, 0.05) is 17.7 Å². The molecule has 3 rings (SSSR count). The molecule has 0 aliphatic heterocycles. The Balaban J connectivity index is 1.69. The maximum absolute atomic E-state index is 5.76. The van der Waals surface area contributed by atoms with Gasteiger partial charge in [-0.25, -0.2) is 0 Å². The lowest BCUT2D eigenvalue weighted by atomic mass is 10.00. The highest BCUT2D eigenvalue weighted by molar-refractivity contribution is 5.67. The Labute approximate surface area is 125 Å². The highest BCUT2D eigenvalue weighted by Crippen LogP contribution is 2.29. The van der Waals surface area contributed by atoms with Crippen LogP contribution in [0.2, 0.25) is 0 Å². The third-order valence-electron chi connectivity index (χ3n) is 4.01. The van der Waals surface area contributed by atoms with E-state index in [-0.39, 0.29) is 0 Å². The van der Waals surface area contributed by atoms with Crippen molar-refractivity contribution in [3.63, 3.8) is 0 Å². The summed E-state index contributed by atoms with van der Waals surface area (Å²) in [6, 6.07) is 7.71. The molecular weight excluding hydrogens is 262 g/mol. The molecule has 1 aromatic heterocycles. The van der Waals surface area contributed by atoms with Gasteiger partial charge in [-0.1, -0.05) is 43.0 Å². The van der Waals surface area contributed by atoms with Crippen molar-refractivity contribution in [2.45, 2.75) is 44.4 Å². The summed E-state index contributed by atoms with van der Waals surface area (Å²) in [6.07, 6.45) is 11.4. The molecule has 0 unspecified atom stereocenters. The van der Waals surface area contributed by atoms with Gasteiger partial charge in [0.25, 0.3) is 5.89 Å². The van der Waals surface area contributed by atoms with Crippen molar-refractivity contribution in [2.24, 2.45) is 0 Å². The predicted octanol–water partition coefficient (Wildman–Crippen LogP) is 4.26. The Hall–Kier alpha value is -2.10. The molecule has 0 radical (unpaired) electrons. The van der Waals surface area contributed by atoms with E-state index in [2.05, 4.69) is 10.1 Å². The standard InChI is InChI=1S/C17H21N3O/c18-15-9-5-6-13(12-15)10-11-16-19-17(20-21-16)14-7-3-1-2-4-8-14/h5-6,9-12,14H,1-4,7-8,18H2/b11-10+. The predicted molar refractivity (Wildman–Crippen MR) is 84.5 cm³/mol. The molecular formula is C17H21N3O. The number of benzene rings is 1. The molecule has 1 saturated carbocycles. The van der Waals surface area contributed by atoms with E-state index in [1.54, 1.807) is 0 Å². The summed E-state index contributed by atoms with van der Waals surface area (Å²) in [4.78, 5) is 4.52. The molecule has 1 aromatic carbocycles. The van der Waals surface area contributed by atoms with E-state index in [1.165, 1.54) is 38.5 Å². The number of anilines is 1. The van der Waals surface area contributed by atoms with Crippen LogP contribution in [-0.4, -0.2) is 10.1 Å². The van der Waals surface area contributed by atoms with Crippen LogP contribution < -0.4 is 5.73 Å². The van der Waals surface area contributed by atoms with Crippen LogP contribution in [0.1, 0.15) is 61.7 Å². The van der Waals surface area contributed by atoms with Crippen molar-refractivity contribution in [1.29, 1.82) is 0 Å². The van der Waals surface area contributed by atoms with Crippen LogP contribution in [0, 0.1) is 0 Å². The Kier molecular flexibility index (Phi) is 4.34. The molecule has 1 aliphatic carbocycles. The van der Waals surface area contributed by atoms with Gasteiger partial charge in [-0.15, -0.1) is 0 Å². The molecule has 110 valence electrons. The number of hydrogen-bond donors (Lipinski definition) is 1. The molecule has 0 amide bonds. The van der Waals surface area contributed by atoms with Gasteiger partial charge in [-0.05, 0) is 36.6 Å². The fourth-order valence-electron chi connectivity index (χ4n) is 2.85. The number of hydrogen-bond acceptors (Lipinski definition) is 4. The third kappa shape index (κ3) is 3.72. The van der Waals surface area contributed by atoms with Gasteiger partial charge >= 0.3 is 0 Å². The Bertz CT molecular complexity index is 610. The number of rotatable bonds is 3. The van der Waals surface area contributed by atoms with Crippen molar-refractivity contribution < 1.29 is 4.52 Å². The SMILES string of the molecule is Nc1cccc(/C=C/c2nc(C3CCCCCC3)no2)c1. The van der Waals surface area contributed by atoms with E-state index in [0.717, 1.165) is 17.1 Å². The van der Waals surface area contributed by atoms with Crippen LogP contribution in [0.5, 0.6) is 0 Å². The second-order valence-electron chi connectivity index (χ2n) is 5.68. The number of nitrogens with zero attached hydrogens (tertiary/aromatic N) is 2. The second kappa shape index (κ2) is 6.57. The first-order chi connectivity index (χ1) is 10.3. The Morgan fingerprint density at radius 1 is 1.10 bits per heavy atom. The van der Waals surface area contributed by atoms with Crippen molar-refractivity contribution in [2.75, 3.05) is 5.73 Å². The second-order valence-corrected chi connectivity index (χ2v) is 5.68. The highest BCUT2D eigenvalue weighted by atomic mass is 16.5. The molecule has 0 bridgehead atoms. The van der Waals surface area contributed by atoms with E-state index >= 15 is 0 Å². The number of nitrogens with two attached hydrogens (primary N) is 1. The average molecular weight is 283 g/mol. The molecule has 0 spiro atoms. The zero-order chi connectivity index (χ0) is 14.5. The van der Waals surface area contributed by atoms with Crippen LogP contribution in [0.4, 0.5) is 5.69 Å². The first kappa shape index (κ1) is 13.9. The maximum Gasteiger partial charge on any atom is 0.250 e. The van der Waals surface area contributed by atoms with Crippen LogP contribution >= 0.6 is 0 Å². The maximum atomic E-state index is 5.76. The molecule has 1 fully saturated rings. The lowest BCUT2D eigenvalue weighted by molar-refractivity contribution is 0.393. The highest BCUT2D eigenvalue weighted by Gasteiger charge is 2.19. The van der Waals surface area contributed by atoms with Crippen LogP contribution in [0.3, 0.4) is 0 Å². The summed E-state index contributed by atoms with van der Waals surface area (Å²) in [6.45, 7) is 0. The van der Waals surface area contributed by atoms with E-state index in [0.29, 0.717) is 11.8 Å². The summed E-state index contributed by atoms with van der Waals surface area (Å²) >= 11 is 0. The lowest BCUT2D eigenvalue weighted by Crippen LogP contribution is -1.99. The van der Waals surface area contributed by atoms with Gasteiger partial charge in [0.2, 0.25) is 0 Å². The van der Waals surface area contributed by atoms with Crippen LogP contribution in [0.15, 0.2) is 28.8 Å². The zero-order valence-electron chi connectivity index (χ0n) is 12.2. The molecule has 1 heterocycles. The lowest BCUT2D eigenvalue weighted by Gasteiger charge is -2.07. The molecule has 0 saturated heterocycles. The summed E-state index contributed by atoms with van der Waals surface area (Å²) in [5.74, 6) is 1.89. The summed E-state index contributed by atoms with van der Waals surface area (Å²) < 4.78 is 5.33.